The van der Waals surface area contributed by atoms with Crippen LogP contribution < -0.4 is 32.3 Å². The van der Waals surface area contributed by atoms with Gasteiger partial charge in [-0.05, 0) is 61.3 Å². The molecule has 224 valence electrons. The summed E-state index contributed by atoms with van der Waals surface area (Å²) < 4.78 is 6.33. The monoisotopic (exact) mass is 558 g/mol. The van der Waals surface area contributed by atoms with Crippen molar-refractivity contribution in [3.63, 3.8) is 0 Å². The van der Waals surface area contributed by atoms with E-state index in [9.17, 15) is 10.2 Å². The van der Waals surface area contributed by atoms with Gasteiger partial charge in [0.15, 0.2) is 0 Å². The Bertz CT molecular complexity index is 1030. The van der Waals surface area contributed by atoms with Gasteiger partial charge in [-0.2, -0.15) is 0 Å². The maximum absolute atomic E-state index is 10.9. The molecule has 0 bridgehead atoms. The first-order valence-electron chi connectivity index (χ1n) is 15.3. The normalized spacial score (nSPS) is 39.5. The minimum atomic E-state index is -0.957. The van der Waals surface area contributed by atoms with Crippen LogP contribution in [0.5, 0.6) is 0 Å². The Hall–Kier alpha value is -1.54. The number of nitrogens with one attached hydrogen (secondary N) is 5. The van der Waals surface area contributed by atoms with Gasteiger partial charge in [0.2, 0.25) is 0 Å². The van der Waals surface area contributed by atoms with Crippen molar-refractivity contribution in [2.24, 2.45) is 11.7 Å². The average Bonchev–Trinajstić information content (AvgIpc) is 3.58. The molecule has 40 heavy (non-hydrogen) atoms. The van der Waals surface area contributed by atoms with E-state index in [4.69, 9.17) is 10.5 Å². The summed E-state index contributed by atoms with van der Waals surface area (Å²) in [7, 11) is 0. The Kier molecular flexibility index (Phi) is 8.05. The van der Waals surface area contributed by atoms with Gasteiger partial charge < -0.3 is 31.3 Å². The van der Waals surface area contributed by atoms with E-state index >= 15 is 0 Å². The second-order valence-electron chi connectivity index (χ2n) is 13.5. The Morgan fingerprint density at radius 2 is 1.82 bits per heavy atom. The molecule has 0 aromatic heterocycles. The highest BCUT2D eigenvalue weighted by molar-refractivity contribution is 5.75. The Morgan fingerprint density at radius 3 is 2.58 bits per heavy atom. The summed E-state index contributed by atoms with van der Waals surface area (Å²) in [5.74, 6) is 0.715. The van der Waals surface area contributed by atoms with E-state index in [1.54, 1.807) is 0 Å². The molecule has 6 rings (SSSR count). The number of hydrogen-bond donors (Lipinski definition) is 8. The zero-order valence-electron chi connectivity index (χ0n) is 24.4. The molecule has 1 aliphatic carbocycles. The van der Waals surface area contributed by atoms with Crippen molar-refractivity contribution in [1.82, 2.24) is 25.8 Å². The van der Waals surface area contributed by atoms with Crippen LogP contribution in [-0.2, 0) is 10.2 Å². The summed E-state index contributed by atoms with van der Waals surface area (Å²) in [6, 6.07) is 7.25. The lowest BCUT2D eigenvalue weighted by Gasteiger charge is -2.44. The molecule has 1 aromatic rings. The summed E-state index contributed by atoms with van der Waals surface area (Å²) >= 11 is 0. The summed E-state index contributed by atoms with van der Waals surface area (Å²) in [6.45, 7) is 11.6. The van der Waals surface area contributed by atoms with Crippen LogP contribution in [0.25, 0.3) is 0 Å². The van der Waals surface area contributed by atoms with Gasteiger partial charge in [-0.25, -0.2) is 4.90 Å². The molecule has 9 N–H and O–H groups in total. The van der Waals surface area contributed by atoms with Gasteiger partial charge in [0, 0.05) is 19.3 Å². The summed E-state index contributed by atoms with van der Waals surface area (Å²) in [4.78, 5) is 4.49. The summed E-state index contributed by atoms with van der Waals surface area (Å²) in [6.07, 6.45) is 1.84. The molecule has 4 aliphatic heterocycles. The fraction of sp³-hybridized carbons (Fsp3) is 0.793. The first-order chi connectivity index (χ1) is 19.1. The number of hydrogen-bond acceptors (Lipinski definition) is 11. The molecule has 11 nitrogen and oxygen atoms in total. The third-order valence-corrected chi connectivity index (χ3v) is 9.86. The maximum atomic E-state index is 10.9. The molecule has 4 unspecified atom stereocenters. The number of benzene rings is 1. The van der Waals surface area contributed by atoms with Gasteiger partial charge >= 0.3 is 0 Å². The lowest BCUT2D eigenvalue weighted by Crippen LogP contribution is -2.68. The molecule has 11 heteroatoms. The number of aliphatic hydroxyl groups excluding tert-OH is 2. The topological polar surface area (TPSA) is 142 Å². The molecule has 4 heterocycles. The van der Waals surface area contributed by atoms with Crippen molar-refractivity contribution < 1.29 is 14.9 Å². The van der Waals surface area contributed by atoms with Gasteiger partial charge in [0.25, 0.3) is 0 Å². The highest BCUT2D eigenvalue weighted by Gasteiger charge is 2.52. The minimum absolute atomic E-state index is 0.0181. The Labute approximate surface area is 238 Å². The second kappa shape index (κ2) is 11.3. The predicted octanol–water partition coefficient (Wildman–Crippen LogP) is 0.468. The molecule has 0 amide bonds. The Balaban J connectivity index is 0.963. The molecule has 3 saturated heterocycles. The zero-order valence-corrected chi connectivity index (χ0v) is 24.4. The van der Waals surface area contributed by atoms with E-state index < -0.39 is 24.5 Å². The number of nitrogens with two attached hydrogens (primary N) is 1. The quantitative estimate of drug-likeness (QED) is 0.226. The molecule has 5 aliphatic rings. The SMILES string of the molecule is CCN(C[C@H]1O[C@@H](N2CNC3C(N)NCNC32)[C@H](O)[C@@H]1O)[C@H]1C[C@@H](CCC2Nc3ccc(C(C)(C)C)cc3N2)C1. The zero-order chi connectivity index (χ0) is 28.2. The van der Waals surface area contributed by atoms with Crippen LogP contribution in [0.4, 0.5) is 11.4 Å². The van der Waals surface area contributed by atoms with Gasteiger partial charge in [-0.3, -0.25) is 20.9 Å². The summed E-state index contributed by atoms with van der Waals surface area (Å²) in [5, 5.41) is 39.2. The fourth-order valence-electron chi connectivity index (χ4n) is 7.22. The van der Waals surface area contributed by atoms with Gasteiger partial charge in [-0.1, -0.05) is 33.8 Å². The van der Waals surface area contributed by atoms with Crippen molar-refractivity contribution in [3.05, 3.63) is 23.8 Å². The number of rotatable bonds is 8. The van der Waals surface area contributed by atoms with Crippen molar-refractivity contribution in [2.45, 2.75) is 114 Å². The predicted molar refractivity (Wildman–Crippen MR) is 156 cm³/mol. The van der Waals surface area contributed by atoms with Crippen LogP contribution >= 0.6 is 0 Å². The average molecular weight is 559 g/mol. The smallest absolute Gasteiger partial charge is 0.142 e. The molecule has 1 saturated carbocycles. The van der Waals surface area contributed by atoms with Crippen LogP contribution in [0.3, 0.4) is 0 Å². The lowest BCUT2D eigenvalue weighted by molar-refractivity contribution is -0.110. The lowest BCUT2D eigenvalue weighted by atomic mass is 9.76. The van der Waals surface area contributed by atoms with Crippen molar-refractivity contribution in [2.75, 3.05) is 37.1 Å². The first kappa shape index (κ1) is 28.6. The minimum Gasteiger partial charge on any atom is -0.387 e. The highest BCUT2D eigenvalue weighted by atomic mass is 16.6. The third-order valence-electron chi connectivity index (χ3n) is 9.86. The van der Waals surface area contributed by atoms with Crippen LogP contribution in [0.15, 0.2) is 18.2 Å². The van der Waals surface area contributed by atoms with E-state index in [-0.39, 0.29) is 30.0 Å². The van der Waals surface area contributed by atoms with Crippen LogP contribution in [-0.4, -0.2) is 102 Å². The molecule has 0 spiro atoms. The number of fused-ring (bicyclic) bond motifs is 2. The van der Waals surface area contributed by atoms with Crippen molar-refractivity contribution in [3.8, 4) is 0 Å². The third kappa shape index (κ3) is 5.48. The van der Waals surface area contributed by atoms with Crippen LogP contribution in [0.2, 0.25) is 0 Å². The molecule has 1 aromatic carbocycles. The fourth-order valence-corrected chi connectivity index (χ4v) is 7.22. The molecule has 0 radical (unpaired) electrons. The largest absolute Gasteiger partial charge is 0.387 e. The Morgan fingerprint density at radius 1 is 1.05 bits per heavy atom. The van der Waals surface area contributed by atoms with E-state index in [1.807, 2.05) is 0 Å². The van der Waals surface area contributed by atoms with Gasteiger partial charge in [-0.15, -0.1) is 0 Å². The second-order valence-corrected chi connectivity index (χ2v) is 13.5. The van der Waals surface area contributed by atoms with Crippen molar-refractivity contribution in [1.29, 1.82) is 0 Å². The maximum Gasteiger partial charge on any atom is 0.142 e. The summed E-state index contributed by atoms with van der Waals surface area (Å²) in [5.41, 5.74) is 10.1. The van der Waals surface area contributed by atoms with E-state index in [2.05, 4.69) is 82.3 Å². The van der Waals surface area contributed by atoms with E-state index in [1.165, 1.54) is 36.2 Å². The number of nitrogens with zero attached hydrogens (tertiary/aromatic N) is 2. The van der Waals surface area contributed by atoms with Gasteiger partial charge in [0.1, 0.15) is 24.5 Å². The van der Waals surface area contributed by atoms with Crippen molar-refractivity contribution >= 4 is 11.4 Å². The number of ether oxygens (including phenoxy) is 1. The number of aliphatic hydroxyl groups is 2. The number of likely N-dealkylation sites (N-methyl/N-ethyl adjacent to an activating group) is 1. The molecule has 8 atom stereocenters. The highest BCUT2D eigenvalue weighted by Crippen LogP contribution is 2.39. The standard InChI is InChI=1S/C29H50N8O3/c1-5-36(13-21-24(38)25(39)28(40-21)37-15-33-23-26(30)31-14-32-27(23)37)18-10-16(11-18)6-9-22-34-19-8-7-17(29(2,3)4)12-20(19)35-22/h7-8,12,16,18,21-28,31-35,38-39H,5-6,9-11,13-15,30H2,1-4H3/t16-,18+,21-,22?,23?,24-,25-,26?,27?,28-/m1/s1. The molecule has 4 fully saturated rings. The van der Waals surface area contributed by atoms with Crippen LogP contribution in [0.1, 0.15) is 58.9 Å². The van der Waals surface area contributed by atoms with E-state index in [0.717, 1.165) is 13.0 Å². The number of anilines is 2. The molecular weight excluding hydrogens is 508 g/mol. The van der Waals surface area contributed by atoms with E-state index in [0.29, 0.717) is 31.8 Å². The van der Waals surface area contributed by atoms with Gasteiger partial charge in [0.05, 0.1) is 42.6 Å². The molecular formula is C29H50N8O3. The first-order valence-corrected chi connectivity index (χ1v) is 15.3. The van der Waals surface area contributed by atoms with Crippen LogP contribution in [0, 0.1) is 5.92 Å².